The van der Waals surface area contributed by atoms with Crippen LogP contribution in [0, 0.1) is 15.9 Å². The summed E-state index contributed by atoms with van der Waals surface area (Å²) >= 11 is 0. The lowest BCUT2D eigenvalue weighted by molar-refractivity contribution is -0.385. The molecule has 0 aromatic heterocycles. The number of anilines is 1. The molecule has 0 bridgehead atoms. The number of hydrogen-bond acceptors (Lipinski definition) is 5. The molecule has 0 aliphatic heterocycles. The third-order valence-electron chi connectivity index (χ3n) is 2.55. The molecule has 0 saturated carbocycles. The quantitative estimate of drug-likeness (QED) is 0.616. The van der Waals surface area contributed by atoms with Crippen LogP contribution in [-0.2, 0) is 0 Å². The molecule has 1 N–H and O–H groups in total. The molecule has 1 aromatic carbocycles. The van der Waals surface area contributed by atoms with E-state index in [1.807, 2.05) is 0 Å². The molecule has 0 atom stereocenters. The van der Waals surface area contributed by atoms with E-state index in [0.717, 1.165) is 6.07 Å². The number of halogens is 1. The molecular weight excluding hydrogens is 241 g/mol. The highest BCUT2D eigenvalue weighted by Crippen LogP contribution is 2.33. The van der Waals surface area contributed by atoms with E-state index >= 15 is 0 Å². The highest BCUT2D eigenvalue weighted by Gasteiger charge is 2.20. The zero-order valence-corrected chi connectivity index (χ0v) is 10.6. The number of ether oxygens (including phenoxy) is 1. The van der Waals surface area contributed by atoms with Crippen molar-refractivity contribution in [3.63, 3.8) is 0 Å². The van der Waals surface area contributed by atoms with Gasteiger partial charge in [-0.1, -0.05) is 0 Å². The summed E-state index contributed by atoms with van der Waals surface area (Å²) in [5.41, 5.74) is -0.103. The maximum Gasteiger partial charge on any atom is 0.313 e. The van der Waals surface area contributed by atoms with Crippen molar-refractivity contribution < 1.29 is 14.1 Å². The van der Waals surface area contributed by atoms with Gasteiger partial charge in [0.25, 0.3) is 0 Å². The van der Waals surface area contributed by atoms with Crippen molar-refractivity contribution in [2.75, 3.05) is 39.2 Å². The predicted octanol–water partition coefficient (Wildman–Crippen LogP) is 1.40. The molecule has 0 spiro atoms. The van der Waals surface area contributed by atoms with Gasteiger partial charge in [-0.2, -0.15) is 0 Å². The molecule has 100 valence electrons. The molecule has 0 heterocycles. The average Bonchev–Trinajstić information content (AvgIpc) is 2.35. The van der Waals surface area contributed by atoms with Gasteiger partial charge in [0.15, 0.2) is 11.6 Å². The van der Waals surface area contributed by atoms with Crippen LogP contribution in [0.5, 0.6) is 5.75 Å². The molecule has 1 aromatic rings. The number of nitrogens with one attached hydrogen (secondary N) is 1. The summed E-state index contributed by atoms with van der Waals surface area (Å²) in [4.78, 5) is 11.7. The van der Waals surface area contributed by atoms with Crippen molar-refractivity contribution in [1.29, 1.82) is 0 Å². The first kappa shape index (κ1) is 14.2. The van der Waals surface area contributed by atoms with Crippen LogP contribution in [0.2, 0.25) is 0 Å². The lowest BCUT2D eigenvalue weighted by Crippen LogP contribution is -2.27. The minimum atomic E-state index is -0.667. The fourth-order valence-electron chi connectivity index (χ4n) is 1.53. The van der Waals surface area contributed by atoms with Gasteiger partial charge in [0.1, 0.15) is 0 Å². The van der Waals surface area contributed by atoms with Gasteiger partial charge < -0.3 is 15.0 Å². The van der Waals surface area contributed by atoms with Crippen molar-refractivity contribution in [2.45, 2.75) is 0 Å². The Kier molecular flexibility index (Phi) is 4.85. The first-order valence-electron chi connectivity index (χ1n) is 5.39. The molecule has 0 aliphatic carbocycles. The first-order valence-corrected chi connectivity index (χ1v) is 5.39. The zero-order chi connectivity index (χ0) is 13.7. The average molecular weight is 257 g/mol. The Labute approximate surface area is 104 Å². The Morgan fingerprint density at radius 1 is 1.56 bits per heavy atom. The summed E-state index contributed by atoms with van der Waals surface area (Å²) in [6, 6.07) is 2.22. The van der Waals surface area contributed by atoms with E-state index in [-0.39, 0.29) is 17.1 Å². The Bertz CT molecular complexity index is 440. The molecule has 0 fully saturated rings. The second-order valence-corrected chi connectivity index (χ2v) is 3.76. The lowest BCUT2D eigenvalue weighted by Gasteiger charge is -2.20. The van der Waals surface area contributed by atoms with Crippen molar-refractivity contribution in [3.8, 4) is 5.75 Å². The zero-order valence-electron chi connectivity index (χ0n) is 10.6. The highest BCUT2D eigenvalue weighted by atomic mass is 19.1. The Morgan fingerprint density at radius 3 is 2.72 bits per heavy atom. The van der Waals surface area contributed by atoms with Gasteiger partial charge in [0, 0.05) is 26.2 Å². The maximum atomic E-state index is 13.8. The number of rotatable bonds is 6. The van der Waals surface area contributed by atoms with Gasteiger partial charge in [-0.3, -0.25) is 10.1 Å². The van der Waals surface area contributed by atoms with Gasteiger partial charge in [-0.25, -0.2) is 4.39 Å². The summed E-state index contributed by atoms with van der Waals surface area (Å²) in [5.74, 6) is -0.589. The minimum absolute atomic E-state index is 0.0488. The summed E-state index contributed by atoms with van der Waals surface area (Å²) in [6.45, 7) is 1.25. The number of methoxy groups -OCH3 is 1. The fourth-order valence-corrected chi connectivity index (χ4v) is 1.53. The predicted molar refractivity (Wildman–Crippen MR) is 66.8 cm³/mol. The van der Waals surface area contributed by atoms with E-state index in [1.54, 1.807) is 19.0 Å². The number of nitro groups is 1. The van der Waals surface area contributed by atoms with Crippen LogP contribution in [0.4, 0.5) is 15.8 Å². The van der Waals surface area contributed by atoms with Crippen molar-refractivity contribution in [2.24, 2.45) is 0 Å². The van der Waals surface area contributed by atoms with Gasteiger partial charge in [-0.15, -0.1) is 0 Å². The van der Waals surface area contributed by atoms with Crippen LogP contribution in [-0.4, -0.2) is 39.2 Å². The Balaban J connectivity index is 3.10. The molecule has 0 radical (unpaired) electrons. The molecule has 1 rings (SSSR count). The minimum Gasteiger partial charge on any atom is -0.490 e. The Hall–Kier alpha value is -1.89. The molecule has 7 heteroatoms. The number of likely N-dealkylation sites (N-methyl/N-ethyl adjacent to an activating group) is 2. The number of nitro benzene ring substituents is 1. The smallest absolute Gasteiger partial charge is 0.313 e. The van der Waals surface area contributed by atoms with E-state index < -0.39 is 10.7 Å². The van der Waals surface area contributed by atoms with E-state index in [1.165, 1.54) is 13.2 Å². The van der Waals surface area contributed by atoms with Gasteiger partial charge >= 0.3 is 5.69 Å². The largest absolute Gasteiger partial charge is 0.490 e. The van der Waals surface area contributed by atoms with Crippen molar-refractivity contribution >= 4 is 11.4 Å². The molecule has 18 heavy (non-hydrogen) atoms. The summed E-state index contributed by atoms with van der Waals surface area (Å²) in [5, 5.41) is 13.7. The van der Waals surface area contributed by atoms with Crippen LogP contribution < -0.4 is 15.0 Å². The lowest BCUT2D eigenvalue weighted by atomic mass is 10.2. The van der Waals surface area contributed by atoms with Crippen LogP contribution in [0.25, 0.3) is 0 Å². The highest BCUT2D eigenvalue weighted by molar-refractivity contribution is 5.60. The number of benzene rings is 1. The van der Waals surface area contributed by atoms with Gasteiger partial charge in [0.2, 0.25) is 0 Å². The third kappa shape index (κ3) is 3.07. The van der Waals surface area contributed by atoms with Crippen LogP contribution in [0.1, 0.15) is 0 Å². The normalized spacial score (nSPS) is 10.2. The molecule has 6 nitrogen and oxygen atoms in total. The molecule has 0 unspecified atom stereocenters. The molecule has 0 amide bonds. The first-order chi connectivity index (χ1) is 8.51. The topological polar surface area (TPSA) is 67.6 Å². The maximum absolute atomic E-state index is 13.8. The van der Waals surface area contributed by atoms with E-state index in [0.29, 0.717) is 13.1 Å². The van der Waals surface area contributed by atoms with Crippen LogP contribution in [0.15, 0.2) is 12.1 Å². The molecule has 0 aliphatic rings. The van der Waals surface area contributed by atoms with Gasteiger partial charge in [-0.05, 0) is 7.05 Å². The standard InChI is InChI=1S/C11H16FN3O3/c1-13-4-5-14(2)9-7-11(18-3)10(15(16)17)6-8(9)12/h6-7,13H,4-5H2,1-3H3. The van der Waals surface area contributed by atoms with Crippen molar-refractivity contribution in [1.82, 2.24) is 5.32 Å². The van der Waals surface area contributed by atoms with Crippen LogP contribution in [0.3, 0.4) is 0 Å². The molecule has 0 saturated heterocycles. The van der Waals surface area contributed by atoms with E-state index in [4.69, 9.17) is 4.74 Å². The van der Waals surface area contributed by atoms with Crippen molar-refractivity contribution in [3.05, 3.63) is 28.1 Å². The SMILES string of the molecule is CNCCN(C)c1cc(OC)c([N+](=O)[O-])cc1F. The van der Waals surface area contributed by atoms with E-state index in [2.05, 4.69) is 5.32 Å². The van der Waals surface area contributed by atoms with Gasteiger partial charge in [0.05, 0.1) is 23.8 Å². The molecular formula is C11H16FN3O3. The number of nitrogens with zero attached hydrogens (tertiary/aromatic N) is 2. The summed E-state index contributed by atoms with van der Waals surface area (Å²) in [7, 11) is 4.82. The number of hydrogen-bond donors (Lipinski definition) is 1. The fraction of sp³-hybridized carbons (Fsp3) is 0.455. The Morgan fingerprint density at radius 2 is 2.22 bits per heavy atom. The second kappa shape index (κ2) is 6.15. The second-order valence-electron chi connectivity index (χ2n) is 3.76. The monoisotopic (exact) mass is 257 g/mol. The summed E-state index contributed by atoms with van der Waals surface area (Å²) < 4.78 is 18.7. The van der Waals surface area contributed by atoms with Crippen LogP contribution >= 0.6 is 0 Å². The third-order valence-corrected chi connectivity index (χ3v) is 2.55. The summed E-state index contributed by atoms with van der Waals surface area (Å²) in [6.07, 6.45) is 0. The van der Waals surface area contributed by atoms with E-state index in [9.17, 15) is 14.5 Å².